The molecule has 3 aromatic heterocycles. The minimum absolute atomic E-state index is 0.0601. The molecule has 1 saturated heterocycles. The number of anilines is 1. The Morgan fingerprint density at radius 1 is 1.14 bits per heavy atom. The van der Waals surface area contributed by atoms with E-state index in [0.717, 1.165) is 47.8 Å². The predicted molar refractivity (Wildman–Crippen MR) is 180 cm³/mol. The van der Waals surface area contributed by atoms with Crippen molar-refractivity contribution >= 4 is 63.3 Å². The Balaban J connectivity index is 1.49. The number of carbonyl (C=O) groups excluding carboxylic acids is 2. The molecule has 0 aliphatic carbocycles. The summed E-state index contributed by atoms with van der Waals surface area (Å²) in [5.41, 5.74) is 2.84. The summed E-state index contributed by atoms with van der Waals surface area (Å²) in [7, 11) is 1.92. The molecule has 5 rings (SSSR count). The standard InChI is InChI=1S/C33H40Cl2N6O2S/c1-19-11-13-41(14-12-19)29-23(31(42)37-20(2)26-8-7-15-44-26)16-25-30(39-29)40(6)27(38-25)17-22-24(34)10-9-21(28(22)35)18-36-32(43)33(3,4)5/h7-10,15-16,19-20H,11-14,17-18H2,1-6H3,(H,36,43)(H,37,42). The van der Waals surface area contributed by atoms with Crippen molar-refractivity contribution in [1.29, 1.82) is 0 Å². The highest BCUT2D eigenvalue weighted by Gasteiger charge is 2.27. The van der Waals surface area contributed by atoms with E-state index in [1.165, 1.54) is 0 Å². The van der Waals surface area contributed by atoms with Crippen LogP contribution in [0.2, 0.25) is 10.0 Å². The average molecular weight is 656 g/mol. The summed E-state index contributed by atoms with van der Waals surface area (Å²) in [5.74, 6) is 1.81. The number of thiophene rings is 1. The lowest BCUT2D eigenvalue weighted by Gasteiger charge is -2.32. The molecule has 1 aliphatic heterocycles. The number of rotatable bonds is 8. The Morgan fingerprint density at radius 3 is 2.52 bits per heavy atom. The second kappa shape index (κ2) is 13.1. The highest BCUT2D eigenvalue weighted by Crippen LogP contribution is 2.33. The first-order chi connectivity index (χ1) is 20.8. The summed E-state index contributed by atoms with van der Waals surface area (Å²) in [4.78, 5) is 39.5. The maximum Gasteiger partial charge on any atom is 0.255 e. The van der Waals surface area contributed by atoms with Gasteiger partial charge in [-0.2, -0.15) is 0 Å². The zero-order valence-electron chi connectivity index (χ0n) is 26.1. The lowest BCUT2D eigenvalue weighted by molar-refractivity contribution is -0.128. The molecule has 8 nitrogen and oxygen atoms in total. The number of nitrogens with one attached hydrogen (secondary N) is 2. The van der Waals surface area contributed by atoms with Crippen LogP contribution in [0, 0.1) is 11.3 Å². The first kappa shape index (κ1) is 32.3. The molecule has 1 unspecified atom stereocenters. The molecule has 2 amide bonds. The molecular formula is C33H40Cl2N6O2S. The largest absolute Gasteiger partial charge is 0.356 e. The number of piperidine rings is 1. The van der Waals surface area contributed by atoms with E-state index in [2.05, 4.69) is 22.5 Å². The lowest BCUT2D eigenvalue weighted by Crippen LogP contribution is -2.36. The Labute approximate surface area is 273 Å². The molecule has 0 saturated carbocycles. The number of aromatic nitrogens is 3. The van der Waals surface area contributed by atoms with Crippen LogP contribution in [0.25, 0.3) is 11.2 Å². The molecule has 1 aromatic carbocycles. The number of fused-ring (bicyclic) bond motifs is 1. The molecule has 1 aliphatic rings. The normalized spacial score (nSPS) is 15.0. The first-order valence-electron chi connectivity index (χ1n) is 15.0. The number of hydrogen-bond acceptors (Lipinski definition) is 6. The summed E-state index contributed by atoms with van der Waals surface area (Å²) < 4.78 is 1.95. The van der Waals surface area contributed by atoms with Gasteiger partial charge in [0.2, 0.25) is 5.91 Å². The van der Waals surface area contributed by atoms with Gasteiger partial charge in [-0.25, -0.2) is 9.97 Å². The van der Waals surface area contributed by atoms with Gasteiger partial charge in [-0.05, 0) is 60.4 Å². The van der Waals surface area contributed by atoms with Gasteiger partial charge < -0.3 is 20.1 Å². The molecule has 0 spiro atoms. The third-order valence-electron chi connectivity index (χ3n) is 8.28. The first-order valence-corrected chi connectivity index (χ1v) is 16.7. The Bertz CT molecular complexity index is 1670. The second-order valence-electron chi connectivity index (χ2n) is 12.8. The number of nitrogens with zero attached hydrogens (tertiary/aromatic N) is 4. The van der Waals surface area contributed by atoms with Gasteiger partial charge in [-0.1, -0.05) is 63.0 Å². The summed E-state index contributed by atoms with van der Waals surface area (Å²) in [6, 6.07) is 9.38. The van der Waals surface area contributed by atoms with Crippen molar-refractivity contribution in [2.24, 2.45) is 18.4 Å². The van der Waals surface area contributed by atoms with Crippen molar-refractivity contribution in [1.82, 2.24) is 25.2 Å². The lowest BCUT2D eigenvalue weighted by atomic mass is 9.95. The highest BCUT2D eigenvalue weighted by molar-refractivity contribution is 7.10. The summed E-state index contributed by atoms with van der Waals surface area (Å²) in [6.07, 6.45) is 2.46. The third-order valence-corrected chi connectivity index (χ3v) is 10.2. The predicted octanol–water partition coefficient (Wildman–Crippen LogP) is 7.32. The van der Waals surface area contributed by atoms with Crippen LogP contribution in [-0.4, -0.2) is 39.4 Å². The number of benzene rings is 1. The van der Waals surface area contributed by atoms with Crippen LogP contribution in [0.1, 0.15) is 85.7 Å². The number of amides is 2. The summed E-state index contributed by atoms with van der Waals surface area (Å²) in [6.45, 7) is 11.8. The van der Waals surface area contributed by atoms with E-state index in [-0.39, 0.29) is 17.9 Å². The topological polar surface area (TPSA) is 92.2 Å². The van der Waals surface area contributed by atoms with Crippen molar-refractivity contribution in [2.75, 3.05) is 18.0 Å². The van der Waals surface area contributed by atoms with Gasteiger partial charge in [0.1, 0.15) is 17.2 Å². The van der Waals surface area contributed by atoms with E-state index in [1.807, 2.05) is 69.0 Å². The van der Waals surface area contributed by atoms with Gasteiger partial charge in [-0.15, -0.1) is 11.3 Å². The van der Waals surface area contributed by atoms with Crippen LogP contribution in [0.4, 0.5) is 5.82 Å². The van der Waals surface area contributed by atoms with Crippen LogP contribution in [0.5, 0.6) is 0 Å². The Hall–Kier alpha value is -3.14. The molecule has 2 N–H and O–H groups in total. The van der Waals surface area contributed by atoms with Crippen molar-refractivity contribution in [2.45, 2.75) is 66.5 Å². The Kier molecular flexibility index (Phi) is 9.58. The van der Waals surface area contributed by atoms with Gasteiger partial charge >= 0.3 is 0 Å². The number of pyridine rings is 1. The molecule has 44 heavy (non-hydrogen) atoms. The maximum absolute atomic E-state index is 13.7. The van der Waals surface area contributed by atoms with Crippen molar-refractivity contribution in [3.8, 4) is 0 Å². The minimum atomic E-state index is -0.509. The van der Waals surface area contributed by atoms with Gasteiger partial charge in [-0.3, -0.25) is 9.59 Å². The molecule has 0 bridgehead atoms. The van der Waals surface area contributed by atoms with Crippen molar-refractivity contribution in [3.63, 3.8) is 0 Å². The van der Waals surface area contributed by atoms with Crippen LogP contribution < -0.4 is 15.5 Å². The number of hydrogen-bond donors (Lipinski definition) is 2. The van der Waals surface area contributed by atoms with Crippen LogP contribution in [0.3, 0.4) is 0 Å². The van der Waals surface area contributed by atoms with Crippen LogP contribution >= 0.6 is 34.5 Å². The summed E-state index contributed by atoms with van der Waals surface area (Å²) >= 11 is 15.1. The van der Waals surface area contributed by atoms with E-state index in [0.29, 0.717) is 51.5 Å². The fourth-order valence-electron chi connectivity index (χ4n) is 5.36. The maximum atomic E-state index is 13.7. The SMILES string of the molecule is CC1CCN(c2nc3c(cc2C(=O)NC(C)c2cccs2)nc(Cc2c(Cl)ccc(CNC(=O)C(C)(C)C)c2Cl)n3C)CC1. The third kappa shape index (κ3) is 6.90. The zero-order chi connectivity index (χ0) is 31.8. The zero-order valence-corrected chi connectivity index (χ0v) is 28.5. The average Bonchev–Trinajstić information content (AvgIpc) is 3.62. The number of aryl methyl sites for hydroxylation is 1. The fraction of sp³-hybridized carbons (Fsp3) is 0.455. The van der Waals surface area contributed by atoms with Gasteiger partial charge in [0.15, 0.2) is 5.65 Å². The van der Waals surface area contributed by atoms with Crippen LogP contribution in [0.15, 0.2) is 35.7 Å². The van der Waals surface area contributed by atoms with E-state index in [1.54, 1.807) is 17.4 Å². The van der Waals surface area contributed by atoms with E-state index in [4.69, 9.17) is 33.2 Å². The second-order valence-corrected chi connectivity index (χ2v) is 14.5. The molecule has 4 heterocycles. The number of halogens is 2. The summed E-state index contributed by atoms with van der Waals surface area (Å²) in [5, 5.41) is 9.16. The van der Waals surface area contributed by atoms with Gasteiger partial charge in [0.25, 0.3) is 5.91 Å². The van der Waals surface area contributed by atoms with Crippen molar-refractivity contribution in [3.05, 3.63) is 73.1 Å². The molecule has 1 fully saturated rings. The van der Waals surface area contributed by atoms with E-state index in [9.17, 15) is 9.59 Å². The molecule has 234 valence electrons. The minimum Gasteiger partial charge on any atom is -0.356 e. The molecule has 1 atom stereocenters. The van der Waals surface area contributed by atoms with Crippen LogP contribution in [-0.2, 0) is 24.8 Å². The highest BCUT2D eigenvalue weighted by atomic mass is 35.5. The van der Waals surface area contributed by atoms with Gasteiger partial charge in [0, 0.05) is 48.4 Å². The molecular weight excluding hydrogens is 615 g/mol. The Morgan fingerprint density at radius 2 is 1.86 bits per heavy atom. The number of carbonyl (C=O) groups is 2. The fourth-order valence-corrected chi connectivity index (χ4v) is 6.67. The monoisotopic (exact) mass is 654 g/mol. The van der Waals surface area contributed by atoms with E-state index < -0.39 is 5.41 Å². The van der Waals surface area contributed by atoms with E-state index >= 15 is 0 Å². The molecule has 4 aromatic rings. The van der Waals surface area contributed by atoms with Gasteiger partial charge in [0.05, 0.1) is 16.6 Å². The van der Waals surface area contributed by atoms with Crippen molar-refractivity contribution < 1.29 is 9.59 Å². The number of imidazole rings is 1. The molecule has 11 heteroatoms. The quantitative estimate of drug-likeness (QED) is 0.208. The molecule has 0 radical (unpaired) electrons. The smallest absolute Gasteiger partial charge is 0.255 e.